The summed E-state index contributed by atoms with van der Waals surface area (Å²) in [6, 6.07) is 0. The van der Waals surface area contributed by atoms with Gasteiger partial charge in [-0.25, -0.2) is 0 Å². The van der Waals surface area contributed by atoms with E-state index in [0.717, 1.165) is 0 Å². The second-order valence-electron chi connectivity index (χ2n) is 2.79. The third kappa shape index (κ3) is 2.17. The average molecular weight is 169 g/mol. The van der Waals surface area contributed by atoms with Crippen molar-refractivity contribution >= 4 is 11.7 Å². The molecule has 0 aromatic rings. The maximum atomic E-state index is 11.1. The van der Waals surface area contributed by atoms with Crippen molar-refractivity contribution < 1.29 is 14.7 Å². The van der Waals surface area contributed by atoms with Gasteiger partial charge < -0.3 is 10.4 Å². The number of nitrogens with one attached hydrogen (secondary N) is 1. The molecule has 1 unspecified atom stereocenters. The van der Waals surface area contributed by atoms with Crippen LogP contribution < -0.4 is 5.32 Å². The van der Waals surface area contributed by atoms with Crippen LogP contribution in [0.3, 0.4) is 0 Å². The second kappa shape index (κ2) is 3.49. The molecule has 0 fully saturated rings. The Morgan fingerprint density at radius 3 is 3.00 bits per heavy atom. The number of aliphatic hydroxyl groups is 1. The standard InChI is InChI=1S/C8H11NO3/c1-5(10)9-7-4-6(11)2-3-8(7)12/h4,6,11H,2-3H2,1H3,(H,9,10). The van der Waals surface area contributed by atoms with Crippen LogP contribution >= 0.6 is 0 Å². The molecule has 12 heavy (non-hydrogen) atoms. The average Bonchev–Trinajstić information content (AvgIpc) is 1.96. The number of carbonyl (C=O) groups is 2. The predicted molar refractivity (Wildman–Crippen MR) is 42.1 cm³/mol. The molecule has 1 aliphatic carbocycles. The summed E-state index contributed by atoms with van der Waals surface area (Å²) in [5.41, 5.74) is 0.223. The maximum absolute atomic E-state index is 11.1. The molecular weight excluding hydrogens is 158 g/mol. The Morgan fingerprint density at radius 1 is 1.75 bits per heavy atom. The number of hydrogen-bond acceptors (Lipinski definition) is 3. The Labute approximate surface area is 70.3 Å². The molecular formula is C8H11NO3. The number of hydrogen-bond donors (Lipinski definition) is 2. The summed E-state index contributed by atoms with van der Waals surface area (Å²) < 4.78 is 0. The summed E-state index contributed by atoms with van der Waals surface area (Å²) in [6.45, 7) is 1.33. The van der Waals surface area contributed by atoms with Crippen LogP contribution in [0, 0.1) is 0 Å². The SMILES string of the molecule is CC(=O)NC1=CC(O)CCC1=O. The van der Waals surface area contributed by atoms with Crippen molar-refractivity contribution in [1.29, 1.82) is 0 Å². The molecule has 0 saturated carbocycles. The van der Waals surface area contributed by atoms with E-state index in [9.17, 15) is 9.59 Å². The van der Waals surface area contributed by atoms with Crippen molar-refractivity contribution in [2.24, 2.45) is 0 Å². The Balaban J connectivity index is 2.71. The zero-order chi connectivity index (χ0) is 9.14. The summed E-state index contributed by atoms with van der Waals surface area (Å²) >= 11 is 0. The smallest absolute Gasteiger partial charge is 0.221 e. The number of Topliss-reactive ketones (excluding diaryl/α,β-unsaturated/α-hetero) is 1. The molecule has 0 saturated heterocycles. The lowest BCUT2D eigenvalue weighted by Crippen LogP contribution is -2.29. The van der Waals surface area contributed by atoms with Crippen molar-refractivity contribution in [3.05, 3.63) is 11.8 Å². The van der Waals surface area contributed by atoms with Crippen molar-refractivity contribution in [2.45, 2.75) is 25.9 Å². The van der Waals surface area contributed by atoms with Crippen LogP contribution in [0.15, 0.2) is 11.8 Å². The van der Waals surface area contributed by atoms with E-state index in [2.05, 4.69) is 5.32 Å². The molecule has 4 nitrogen and oxygen atoms in total. The predicted octanol–water partition coefficient (Wildman–Crippen LogP) is -0.270. The van der Waals surface area contributed by atoms with Crippen molar-refractivity contribution in [3.8, 4) is 0 Å². The summed E-state index contributed by atoms with van der Waals surface area (Å²) in [5, 5.41) is 11.5. The molecule has 1 aliphatic rings. The fraction of sp³-hybridized carbons (Fsp3) is 0.500. The van der Waals surface area contributed by atoms with Gasteiger partial charge in [-0.15, -0.1) is 0 Å². The lowest BCUT2D eigenvalue weighted by molar-refractivity contribution is -0.122. The van der Waals surface area contributed by atoms with Crippen LogP contribution in [0.2, 0.25) is 0 Å². The third-order valence-corrected chi connectivity index (χ3v) is 1.64. The molecule has 0 aliphatic heterocycles. The molecule has 1 amide bonds. The highest BCUT2D eigenvalue weighted by Gasteiger charge is 2.19. The van der Waals surface area contributed by atoms with Gasteiger partial charge in [0.2, 0.25) is 5.91 Å². The van der Waals surface area contributed by atoms with Gasteiger partial charge in [0, 0.05) is 13.3 Å². The molecule has 2 N–H and O–H groups in total. The topological polar surface area (TPSA) is 66.4 Å². The largest absolute Gasteiger partial charge is 0.389 e. The molecule has 66 valence electrons. The van der Waals surface area contributed by atoms with E-state index in [4.69, 9.17) is 5.11 Å². The molecule has 4 heteroatoms. The molecule has 0 aromatic heterocycles. The lowest BCUT2D eigenvalue weighted by atomic mass is 10.0. The summed E-state index contributed by atoms with van der Waals surface area (Å²) in [6.07, 6.45) is 1.52. The number of amides is 1. The fourth-order valence-electron chi connectivity index (χ4n) is 1.08. The summed E-state index contributed by atoms with van der Waals surface area (Å²) in [4.78, 5) is 21.7. The minimum atomic E-state index is -0.607. The zero-order valence-electron chi connectivity index (χ0n) is 6.83. The number of aliphatic hydroxyl groups excluding tert-OH is 1. The fourth-order valence-corrected chi connectivity index (χ4v) is 1.08. The Kier molecular flexibility index (Phi) is 2.60. The molecule has 0 heterocycles. The van der Waals surface area contributed by atoms with E-state index >= 15 is 0 Å². The molecule has 1 rings (SSSR count). The second-order valence-corrected chi connectivity index (χ2v) is 2.79. The summed E-state index contributed by atoms with van der Waals surface area (Å²) in [5.74, 6) is -0.404. The lowest BCUT2D eigenvalue weighted by Gasteiger charge is -2.15. The Bertz CT molecular complexity index is 245. The Hall–Kier alpha value is -1.16. The van der Waals surface area contributed by atoms with Crippen molar-refractivity contribution in [2.75, 3.05) is 0 Å². The quantitative estimate of drug-likeness (QED) is 0.567. The van der Waals surface area contributed by atoms with Crippen LogP contribution in [-0.2, 0) is 9.59 Å². The van der Waals surface area contributed by atoms with Crippen LogP contribution in [-0.4, -0.2) is 22.9 Å². The first-order chi connectivity index (χ1) is 5.59. The van der Waals surface area contributed by atoms with Crippen LogP contribution in [0.25, 0.3) is 0 Å². The number of allylic oxidation sites excluding steroid dienone is 1. The molecule has 0 aromatic carbocycles. The van der Waals surface area contributed by atoms with E-state index in [0.29, 0.717) is 12.8 Å². The first-order valence-corrected chi connectivity index (χ1v) is 3.80. The number of carbonyl (C=O) groups excluding carboxylic acids is 2. The van der Waals surface area contributed by atoms with Crippen molar-refractivity contribution in [3.63, 3.8) is 0 Å². The highest BCUT2D eigenvalue weighted by molar-refractivity contribution is 5.99. The third-order valence-electron chi connectivity index (χ3n) is 1.64. The van der Waals surface area contributed by atoms with Gasteiger partial charge in [-0.05, 0) is 12.5 Å². The van der Waals surface area contributed by atoms with Gasteiger partial charge in [0.25, 0.3) is 0 Å². The van der Waals surface area contributed by atoms with Crippen LogP contribution in [0.4, 0.5) is 0 Å². The van der Waals surface area contributed by atoms with Crippen molar-refractivity contribution in [1.82, 2.24) is 5.32 Å². The minimum Gasteiger partial charge on any atom is -0.389 e. The van der Waals surface area contributed by atoms with Gasteiger partial charge in [0.1, 0.15) is 0 Å². The normalized spacial score (nSPS) is 23.3. The zero-order valence-corrected chi connectivity index (χ0v) is 6.83. The van der Waals surface area contributed by atoms with E-state index in [1.807, 2.05) is 0 Å². The minimum absolute atomic E-state index is 0.115. The molecule has 0 bridgehead atoms. The highest BCUT2D eigenvalue weighted by Crippen LogP contribution is 2.12. The monoisotopic (exact) mass is 169 g/mol. The first kappa shape index (κ1) is 8.93. The van der Waals surface area contributed by atoms with Gasteiger partial charge in [-0.3, -0.25) is 9.59 Å². The number of ketones is 1. The number of rotatable bonds is 1. The van der Waals surface area contributed by atoms with Gasteiger partial charge in [-0.2, -0.15) is 0 Å². The van der Waals surface area contributed by atoms with E-state index in [-0.39, 0.29) is 17.4 Å². The first-order valence-electron chi connectivity index (χ1n) is 3.80. The summed E-state index contributed by atoms with van der Waals surface area (Å²) in [7, 11) is 0. The van der Waals surface area contributed by atoms with E-state index in [1.165, 1.54) is 13.0 Å². The van der Waals surface area contributed by atoms with Gasteiger partial charge >= 0.3 is 0 Å². The molecule has 0 spiro atoms. The van der Waals surface area contributed by atoms with E-state index in [1.54, 1.807) is 0 Å². The molecule has 1 atom stereocenters. The maximum Gasteiger partial charge on any atom is 0.221 e. The van der Waals surface area contributed by atoms with Gasteiger partial charge in [-0.1, -0.05) is 0 Å². The van der Waals surface area contributed by atoms with E-state index < -0.39 is 6.10 Å². The van der Waals surface area contributed by atoms with Gasteiger partial charge in [0.15, 0.2) is 5.78 Å². The Morgan fingerprint density at radius 2 is 2.42 bits per heavy atom. The van der Waals surface area contributed by atoms with Gasteiger partial charge in [0.05, 0.1) is 11.8 Å². The van der Waals surface area contributed by atoms with Crippen LogP contribution in [0.5, 0.6) is 0 Å². The highest BCUT2D eigenvalue weighted by atomic mass is 16.3. The molecule has 0 radical (unpaired) electrons. The van der Waals surface area contributed by atoms with Crippen LogP contribution in [0.1, 0.15) is 19.8 Å².